The SMILES string of the molecule is CC(C)(C)N1CCC(NC2CC3CCC2C3)CC1. The van der Waals surface area contributed by atoms with Gasteiger partial charge in [-0.25, -0.2) is 0 Å². The second-order valence-corrected chi connectivity index (χ2v) is 7.88. The fraction of sp³-hybridized carbons (Fsp3) is 1.00. The Kier molecular flexibility index (Phi) is 3.44. The molecule has 0 radical (unpaired) electrons. The van der Waals surface area contributed by atoms with Crippen LogP contribution in [0, 0.1) is 11.8 Å². The predicted molar refractivity (Wildman–Crippen MR) is 76.7 cm³/mol. The summed E-state index contributed by atoms with van der Waals surface area (Å²) in [6.45, 7) is 9.59. The first kappa shape index (κ1) is 12.9. The van der Waals surface area contributed by atoms with Crippen molar-refractivity contribution in [2.45, 2.75) is 76.9 Å². The molecule has 2 nitrogen and oxygen atoms in total. The smallest absolute Gasteiger partial charge is 0.0125 e. The average Bonchev–Trinajstić information content (AvgIpc) is 2.90. The van der Waals surface area contributed by atoms with Crippen LogP contribution in [0.4, 0.5) is 0 Å². The molecule has 0 aromatic rings. The Hall–Kier alpha value is -0.0800. The summed E-state index contributed by atoms with van der Waals surface area (Å²) in [5, 5.41) is 3.99. The molecule has 3 aliphatic rings. The lowest BCUT2D eigenvalue weighted by atomic mass is 9.92. The van der Waals surface area contributed by atoms with E-state index in [-0.39, 0.29) is 0 Å². The summed E-state index contributed by atoms with van der Waals surface area (Å²) < 4.78 is 0. The van der Waals surface area contributed by atoms with Gasteiger partial charge in [-0.3, -0.25) is 4.90 Å². The van der Waals surface area contributed by atoms with Crippen LogP contribution in [0.2, 0.25) is 0 Å². The summed E-state index contributed by atoms with van der Waals surface area (Å²) in [5.41, 5.74) is 0.359. The van der Waals surface area contributed by atoms with Crippen LogP contribution in [-0.2, 0) is 0 Å². The maximum atomic E-state index is 3.99. The topological polar surface area (TPSA) is 15.3 Å². The molecule has 2 heteroatoms. The van der Waals surface area contributed by atoms with Gasteiger partial charge in [-0.2, -0.15) is 0 Å². The quantitative estimate of drug-likeness (QED) is 0.810. The number of nitrogens with one attached hydrogen (secondary N) is 1. The first-order valence-electron chi connectivity index (χ1n) is 8.03. The number of rotatable bonds is 2. The van der Waals surface area contributed by atoms with E-state index in [1.807, 2.05) is 0 Å². The number of nitrogens with zero attached hydrogens (tertiary/aromatic N) is 1. The fourth-order valence-corrected chi connectivity index (χ4v) is 4.47. The van der Waals surface area contributed by atoms with Gasteiger partial charge in [0, 0.05) is 30.7 Å². The fourth-order valence-electron chi connectivity index (χ4n) is 4.47. The lowest BCUT2D eigenvalue weighted by Crippen LogP contribution is -2.52. The van der Waals surface area contributed by atoms with Crippen LogP contribution in [0.5, 0.6) is 0 Å². The number of fused-ring (bicyclic) bond motifs is 2. The van der Waals surface area contributed by atoms with Crippen molar-refractivity contribution in [3.63, 3.8) is 0 Å². The van der Waals surface area contributed by atoms with Crippen molar-refractivity contribution < 1.29 is 0 Å². The van der Waals surface area contributed by atoms with Gasteiger partial charge in [0.25, 0.3) is 0 Å². The van der Waals surface area contributed by atoms with Crippen molar-refractivity contribution in [1.29, 1.82) is 0 Å². The van der Waals surface area contributed by atoms with Crippen LogP contribution in [-0.4, -0.2) is 35.6 Å². The first-order chi connectivity index (χ1) is 8.52. The zero-order chi connectivity index (χ0) is 12.8. The highest BCUT2D eigenvalue weighted by atomic mass is 15.2. The highest BCUT2D eigenvalue weighted by Gasteiger charge is 2.40. The normalized spacial score (nSPS) is 38.5. The minimum absolute atomic E-state index is 0.359. The largest absolute Gasteiger partial charge is 0.311 e. The molecule has 1 N–H and O–H groups in total. The van der Waals surface area contributed by atoms with Gasteiger partial charge in [0.2, 0.25) is 0 Å². The van der Waals surface area contributed by atoms with E-state index in [1.54, 1.807) is 0 Å². The van der Waals surface area contributed by atoms with E-state index in [4.69, 9.17) is 0 Å². The molecule has 1 saturated heterocycles. The van der Waals surface area contributed by atoms with Crippen molar-refractivity contribution in [3.8, 4) is 0 Å². The van der Waals surface area contributed by atoms with Crippen LogP contribution in [0.25, 0.3) is 0 Å². The summed E-state index contributed by atoms with van der Waals surface area (Å²) in [7, 11) is 0. The maximum Gasteiger partial charge on any atom is 0.0125 e. The Bertz CT molecular complexity index is 286. The number of piperidine rings is 1. The zero-order valence-electron chi connectivity index (χ0n) is 12.4. The lowest BCUT2D eigenvalue weighted by molar-refractivity contribution is 0.0914. The van der Waals surface area contributed by atoms with Crippen molar-refractivity contribution in [2.75, 3.05) is 13.1 Å². The molecule has 0 aromatic carbocycles. The lowest BCUT2D eigenvalue weighted by Gasteiger charge is -2.42. The van der Waals surface area contributed by atoms with Crippen molar-refractivity contribution in [1.82, 2.24) is 10.2 Å². The minimum atomic E-state index is 0.359. The van der Waals surface area contributed by atoms with Gasteiger partial charge in [0.05, 0.1) is 0 Å². The van der Waals surface area contributed by atoms with E-state index in [1.165, 1.54) is 51.6 Å². The predicted octanol–water partition coefficient (Wildman–Crippen LogP) is 3.03. The third-order valence-electron chi connectivity index (χ3n) is 5.63. The van der Waals surface area contributed by atoms with Gasteiger partial charge in [-0.1, -0.05) is 6.42 Å². The van der Waals surface area contributed by atoms with Crippen LogP contribution < -0.4 is 5.32 Å². The molecule has 3 rings (SSSR count). The minimum Gasteiger partial charge on any atom is -0.311 e. The second-order valence-electron chi connectivity index (χ2n) is 7.88. The Morgan fingerprint density at radius 1 is 0.944 bits per heavy atom. The number of likely N-dealkylation sites (tertiary alicyclic amines) is 1. The highest BCUT2D eigenvalue weighted by molar-refractivity contribution is 4.96. The second kappa shape index (κ2) is 4.79. The van der Waals surface area contributed by atoms with Crippen LogP contribution in [0.15, 0.2) is 0 Å². The molecule has 1 heterocycles. The monoisotopic (exact) mass is 250 g/mol. The third-order valence-corrected chi connectivity index (χ3v) is 5.63. The summed E-state index contributed by atoms with van der Waals surface area (Å²) >= 11 is 0. The maximum absolute atomic E-state index is 3.99. The molecular formula is C16H30N2. The van der Waals surface area contributed by atoms with E-state index in [0.717, 1.165) is 23.9 Å². The van der Waals surface area contributed by atoms with Gasteiger partial charge < -0.3 is 5.32 Å². The molecular weight excluding hydrogens is 220 g/mol. The number of hydrogen-bond donors (Lipinski definition) is 1. The molecule has 0 amide bonds. The molecule has 0 spiro atoms. The van der Waals surface area contributed by atoms with Gasteiger partial charge in [-0.05, 0) is 64.7 Å². The summed E-state index contributed by atoms with van der Waals surface area (Å²) in [6.07, 6.45) is 8.73. The molecule has 0 aromatic heterocycles. The Balaban J connectivity index is 1.46. The van der Waals surface area contributed by atoms with Crippen LogP contribution >= 0.6 is 0 Å². The van der Waals surface area contributed by atoms with Gasteiger partial charge in [0.1, 0.15) is 0 Å². The molecule has 3 atom stereocenters. The van der Waals surface area contributed by atoms with E-state index in [2.05, 4.69) is 31.0 Å². The van der Waals surface area contributed by atoms with Crippen molar-refractivity contribution in [2.24, 2.45) is 11.8 Å². The highest BCUT2D eigenvalue weighted by Crippen LogP contribution is 2.44. The molecule has 18 heavy (non-hydrogen) atoms. The van der Waals surface area contributed by atoms with Crippen molar-refractivity contribution in [3.05, 3.63) is 0 Å². The molecule has 2 saturated carbocycles. The van der Waals surface area contributed by atoms with Crippen LogP contribution in [0.3, 0.4) is 0 Å². The van der Waals surface area contributed by atoms with E-state index >= 15 is 0 Å². The average molecular weight is 250 g/mol. The van der Waals surface area contributed by atoms with E-state index in [9.17, 15) is 0 Å². The van der Waals surface area contributed by atoms with E-state index in [0.29, 0.717) is 5.54 Å². The molecule has 3 fully saturated rings. The molecule has 3 unspecified atom stereocenters. The van der Waals surface area contributed by atoms with Crippen molar-refractivity contribution >= 4 is 0 Å². The Labute approximate surface area is 113 Å². The molecule has 2 aliphatic carbocycles. The van der Waals surface area contributed by atoms with Gasteiger partial charge in [-0.15, -0.1) is 0 Å². The summed E-state index contributed by atoms with van der Waals surface area (Å²) in [4.78, 5) is 2.64. The molecule has 1 aliphatic heterocycles. The van der Waals surface area contributed by atoms with E-state index < -0.39 is 0 Å². The Morgan fingerprint density at radius 3 is 2.17 bits per heavy atom. The zero-order valence-corrected chi connectivity index (χ0v) is 12.4. The van der Waals surface area contributed by atoms with Gasteiger partial charge >= 0.3 is 0 Å². The standard InChI is InChI=1S/C16H30N2/c1-16(2,3)18-8-6-14(7-9-18)17-15-11-12-4-5-13(15)10-12/h12-15,17H,4-11H2,1-3H3. The Morgan fingerprint density at radius 2 is 1.67 bits per heavy atom. The first-order valence-corrected chi connectivity index (χ1v) is 8.03. The third kappa shape index (κ3) is 2.60. The summed E-state index contributed by atoms with van der Waals surface area (Å²) in [6, 6.07) is 1.67. The summed E-state index contributed by atoms with van der Waals surface area (Å²) in [5.74, 6) is 2.10. The number of hydrogen-bond acceptors (Lipinski definition) is 2. The van der Waals surface area contributed by atoms with Gasteiger partial charge in [0.15, 0.2) is 0 Å². The van der Waals surface area contributed by atoms with Crippen LogP contribution in [0.1, 0.15) is 59.3 Å². The molecule has 2 bridgehead atoms. The molecule has 104 valence electrons.